The summed E-state index contributed by atoms with van der Waals surface area (Å²) in [7, 11) is 0. The third-order valence-electron chi connectivity index (χ3n) is 5.08. The van der Waals surface area contributed by atoms with Gasteiger partial charge in [0.1, 0.15) is 10.7 Å². The molecule has 1 aliphatic rings. The lowest BCUT2D eigenvalue weighted by molar-refractivity contribution is 0.126. The van der Waals surface area contributed by atoms with Crippen LogP contribution in [0.1, 0.15) is 25.7 Å². The number of rotatable bonds is 6. The van der Waals surface area contributed by atoms with E-state index in [0.717, 1.165) is 36.1 Å². The van der Waals surface area contributed by atoms with E-state index in [-0.39, 0.29) is 12.1 Å². The monoisotopic (exact) mass is 435 g/mol. The Bertz CT molecular complexity index is 1140. The van der Waals surface area contributed by atoms with E-state index in [1.807, 2.05) is 30.3 Å². The molecule has 0 radical (unpaired) electrons. The molecule has 3 aromatic heterocycles. The summed E-state index contributed by atoms with van der Waals surface area (Å²) in [5.41, 5.74) is 0.873. The average Bonchev–Trinajstić information content (AvgIpc) is 3.46. The number of hydrogen-bond acceptors (Lipinski definition) is 10. The van der Waals surface area contributed by atoms with Gasteiger partial charge in [0.2, 0.25) is 11.8 Å². The van der Waals surface area contributed by atoms with Crippen molar-refractivity contribution in [1.82, 2.24) is 25.1 Å². The molecule has 0 bridgehead atoms. The fraction of sp³-hybridized carbons (Fsp3) is 0.286. The summed E-state index contributed by atoms with van der Waals surface area (Å²) in [6.45, 7) is 0. The molecular formula is C21H21N7O2S. The zero-order valence-corrected chi connectivity index (χ0v) is 17.4. The number of aromatic nitrogens is 5. The maximum Gasteiger partial charge on any atom is 0.259 e. The van der Waals surface area contributed by atoms with E-state index in [1.54, 1.807) is 18.5 Å². The summed E-state index contributed by atoms with van der Waals surface area (Å²) in [5, 5.41) is 25.1. The van der Waals surface area contributed by atoms with E-state index in [0.29, 0.717) is 28.7 Å². The summed E-state index contributed by atoms with van der Waals surface area (Å²) in [6, 6.07) is 11.7. The second kappa shape index (κ2) is 8.78. The van der Waals surface area contributed by atoms with Crippen molar-refractivity contribution < 1.29 is 9.52 Å². The van der Waals surface area contributed by atoms with E-state index in [4.69, 9.17) is 4.42 Å². The molecule has 31 heavy (non-hydrogen) atoms. The van der Waals surface area contributed by atoms with Crippen LogP contribution in [0.15, 0.2) is 53.2 Å². The van der Waals surface area contributed by atoms with Gasteiger partial charge in [-0.2, -0.15) is 4.98 Å². The second-order valence-corrected chi connectivity index (χ2v) is 8.38. The summed E-state index contributed by atoms with van der Waals surface area (Å²) < 4.78 is 5.80. The number of hydrogen-bond donors (Lipinski definition) is 3. The highest BCUT2D eigenvalue weighted by atomic mass is 32.1. The van der Waals surface area contributed by atoms with Crippen LogP contribution in [0.3, 0.4) is 0 Å². The van der Waals surface area contributed by atoms with Gasteiger partial charge in [0.05, 0.1) is 12.3 Å². The van der Waals surface area contributed by atoms with E-state index in [1.165, 1.54) is 11.3 Å². The zero-order valence-electron chi connectivity index (χ0n) is 16.6. The number of nitrogens with one attached hydrogen (secondary N) is 2. The number of nitrogens with zero attached hydrogens (tertiary/aromatic N) is 5. The Morgan fingerprint density at radius 2 is 1.77 bits per heavy atom. The standard InChI is InChI=1S/C21H21N7O2S/c29-15-8-6-14(7-9-15)24-20-22-11-10-17(25-20)26-21-23-12-16(31-21)19-28-27-18(30-19)13-4-2-1-3-5-13/h1-5,10-12,14-15,29H,6-9H2,(H2,22,23,24,25,26). The molecule has 9 nitrogen and oxygen atoms in total. The Morgan fingerprint density at radius 1 is 0.968 bits per heavy atom. The van der Waals surface area contributed by atoms with Crippen molar-refractivity contribution in [1.29, 1.82) is 0 Å². The highest BCUT2D eigenvalue weighted by Crippen LogP contribution is 2.31. The fourth-order valence-electron chi connectivity index (χ4n) is 3.46. The van der Waals surface area contributed by atoms with Gasteiger partial charge in [-0.05, 0) is 43.9 Å². The molecular weight excluding hydrogens is 414 g/mol. The Hall–Kier alpha value is -3.37. The Morgan fingerprint density at radius 3 is 2.61 bits per heavy atom. The molecule has 0 spiro atoms. The van der Waals surface area contributed by atoms with Crippen LogP contribution >= 0.6 is 11.3 Å². The summed E-state index contributed by atoms with van der Waals surface area (Å²) in [4.78, 5) is 14.0. The van der Waals surface area contributed by atoms with Gasteiger partial charge in [0.15, 0.2) is 5.13 Å². The van der Waals surface area contributed by atoms with E-state index in [9.17, 15) is 5.11 Å². The third kappa shape index (κ3) is 4.70. The minimum Gasteiger partial charge on any atom is -0.415 e. The summed E-state index contributed by atoms with van der Waals surface area (Å²) >= 11 is 1.40. The summed E-state index contributed by atoms with van der Waals surface area (Å²) in [5.74, 6) is 2.10. The van der Waals surface area contributed by atoms with E-state index in [2.05, 4.69) is 35.8 Å². The molecule has 158 valence electrons. The largest absolute Gasteiger partial charge is 0.415 e. The first-order chi connectivity index (χ1) is 15.2. The fourth-order valence-corrected chi connectivity index (χ4v) is 4.21. The molecule has 3 heterocycles. The number of anilines is 3. The normalized spacial score (nSPS) is 18.6. The molecule has 0 aliphatic heterocycles. The minimum atomic E-state index is -0.186. The molecule has 0 atom stereocenters. The number of aliphatic hydroxyl groups excluding tert-OH is 1. The van der Waals surface area contributed by atoms with Crippen LogP contribution in [0, 0.1) is 0 Å². The van der Waals surface area contributed by atoms with Crippen molar-refractivity contribution in [2.24, 2.45) is 0 Å². The highest BCUT2D eigenvalue weighted by Gasteiger charge is 2.20. The molecule has 10 heteroatoms. The first-order valence-electron chi connectivity index (χ1n) is 10.1. The van der Waals surface area contributed by atoms with Crippen LogP contribution in [0.25, 0.3) is 22.2 Å². The van der Waals surface area contributed by atoms with Crippen LogP contribution in [0.5, 0.6) is 0 Å². The zero-order chi connectivity index (χ0) is 21.0. The molecule has 1 aliphatic carbocycles. The molecule has 0 amide bonds. The maximum atomic E-state index is 9.66. The topological polar surface area (TPSA) is 122 Å². The van der Waals surface area contributed by atoms with Crippen molar-refractivity contribution in [2.45, 2.75) is 37.8 Å². The van der Waals surface area contributed by atoms with Crippen molar-refractivity contribution in [3.63, 3.8) is 0 Å². The van der Waals surface area contributed by atoms with Gasteiger partial charge in [-0.1, -0.05) is 29.5 Å². The summed E-state index contributed by atoms with van der Waals surface area (Å²) in [6.07, 6.45) is 6.64. The molecule has 0 saturated heterocycles. The predicted octanol–water partition coefficient (Wildman–Crippen LogP) is 4.11. The van der Waals surface area contributed by atoms with Gasteiger partial charge >= 0.3 is 0 Å². The van der Waals surface area contributed by atoms with E-state index >= 15 is 0 Å². The van der Waals surface area contributed by atoms with Crippen LogP contribution in [-0.4, -0.2) is 42.4 Å². The van der Waals surface area contributed by atoms with Crippen molar-refractivity contribution >= 4 is 28.2 Å². The van der Waals surface area contributed by atoms with Gasteiger partial charge in [-0.25, -0.2) is 9.97 Å². The van der Waals surface area contributed by atoms with Gasteiger partial charge in [-0.3, -0.25) is 0 Å². The molecule has 3 N–H and O–H groups in total. The van der Waals surface area contributed by atoms with Crippen molar-refractivity contribution in [2.75, 3.05) is 10.6 Å². The Balaban J connectivity index is 1.25. The van der Waals surface area contributed by atoms with Crippen LogP contribution < -0.4 is 10.6 Å². The van der Waals surface area contributed by atoms with Gasteiger partial charge in [-0.15, -0.1) is 10.2 Å². The van der Waals surface area contributed by atoms with Gasteiger partial charge < -0.3 is 20.2 Å². The van der Waals surface area contributed by atoms with E-state index < -0.39 is 0 Å². The lowest BCUT2D eigenvalue weighted by Gasteiger charge is -2.26. The third-order valence-corrected chi connectivity index (χ3v) is 5.98. The molecule has 1 fully saturated rings. The maximum absolute atomic E-state index is 9.66. The predicted molar refractivity (Wildman–Crippen MR) is 118 cm³/mol. The lowest BCUT2D eigenvalue weighted by atomic mass is 9.93. The number of aliphatic hydroxyl groups is 1. The van der Waals surface area contributed by atoms with Crippen molar-refractivity contribution in [3.05, 3.63) is 48.8 Å². The average molecular weight is 436 g/mol. The smallest absolute Gasteiger partial charge is 0.259 e. The van der Waals surface area contributed by atoms with Crippen molar-refractivity contribution in [3.8, 4) is 22.2 Å². The SMILES string of the molecule is OC1CCC(Nc2nccc(Nc3ncc(-c4nnc(-c5ccccc5)o4)s3)n2)CC1. The Kier molecular flexibility index (Phi) is 5.55. The van der Waals surface area contributed by atoms with Crippen LogP contribution in [-0.2, 0) is 0 Å². The first-order valence-corrected chi connectivity index (χ1v) is 10.9. The van der Waals surface area contributed by atoms with Gasteiger partial charge in [0.25, 0.3) is 5.89 Å². The lowest BCUT2D eigenvalue weighted by Crippen LogP contribution is -2.28. The first kappa shape index (κ1) is 19.6. The van der Waals surface area contributed by atoms with Gasteiger partial charge in [0, 0.05) is 17.8 Å². The molecule has 4 aromatic rings. The quantitative estimate of drug-likeness (QED) is 0.411. The molecule has 1 aromatic carbocycles. The molecule has 1 saturated carbocycles. The minimum absolute atomic E-state index is 0.186. The molecule has 0 unspecified atom stereocenters. The van der Waals surface area contributed by atoms with Crippen LogP contribution in [0.4, 0.5) is 16.9 Å². The molecule has 5 rings (SSSR count). The second-order valence-electron chi connectivity index (χ2n) is 7.35. The number of benzene rings is 1. The highest BCUT2D eigenvalue weighted by molar-refractivity contribution is 7.18. The van der Waals surface area contributed by atoms with Crippen LogP contribution in [0.2, 0.25) is 0 Å². The Labute approximate surface area is 182 Å². The number of thiazole rings is 1.